The molecule has 0 N–H and O–H groups in total. The number of rotatable bonds is 6. The van der Waals surface area contributed by atoms with E-state index in [0.29, 0.717) is 17.9 Å². The van der Waals surface area contributed by atoms with E-state index in [9.17, 15) is 8.78 Å². The van der Waals surface area contributed by atoms with Crippen molar-refractivity contribution < 1.29 is 8.78 Å². The lowest BCUT2D eigenvalue weighted by molar-refractivity contribution is 0.00625. The van der Waals surface area contributed by atoms with Gasteiger partial charge < -0.3 is 0 Å². The van der Waals surface area contributed by atoms with Crippen molar-refractivity contribution in [1.29, 1.82) is 0 Å². The first-order valence-corrected chi connectivity index (χ1v) is 13.1. The number of nitrogens with zero attached hydrogens (tertiary/aromatic N) is 2. The largest absolute Gasteiger partial charge is 0.297 e. The van der Waals surface area contributed by atoms with E-state index in [-0.39, 0.29) is 0 Å². The average molecular weight is 423 g/mol. The van der Waals surface area contributed by atoms with Crippen molar-refractivity contribution in [2.24, 2.45) is 17.8 Å². The molecule has 3 saturated carbocycles. The zero-order valence-electron chi connectivity index (χ0n) is 19.0. The second-order valence-corrected chi connectivity index (χ2v) is 10.7. The first-order valence-electron chi connectivity index (χ1n) is 13.1. The second kappa shape index (κ2) is 11.4. The number of halogens is 2. The summed E-state index contributed by atoms with van der Waals surface area (Å²) in [5, 5.41) is 0. The molecule has 0 spiro atoms. The predicted octanol–water partition coefficient (Wildman–Crippen LogP) is 6.17. The highest BCUT2D eigenvalue weighted by molar-refractivity contribution is 4.95. The maximum absolute atomic E-state index is 13.8. The number of allylic oxidation sites excluding steroid dienone is 1. The van der Waals surface area contributed by atoms with Gasteiger partial charge in [-0.25, -0.2) is 8.78 Å². The minimum absolute atomic E-state index is 0.560. The first-order chi connectivity index (χ1) is 14.7. The van der Waals surface area contributed by atoms with Gasteiger partial charge in [-0.3, -0.25) is 9.80 Å². The summed E-state index contributed by atoms with van der Waals surface area (Å²) >= 11 is 0. The second-order valence-electron chi connectivity index (χ2n) is 10.7. The van der Waals surface area contributed by atoms with Gasteiger partial charge in [0.2, 0.25) is 0 Å². The Kier molecular flexibility index (Phi) is 8.63. The number of alkyl halides is 2. The molecule has 30 heavy (non-hydrogen) atoms. The molecule has 0 amide bonds. The van der Waals surface area contributed by atoms with E-state index in [1.165, 1.54) is 32.1 Å². The zero-order chi connectivity index (χ0) is 20.8. The molecule has 0 aromatic rings. The lowest BCUT2D eigenvalue weighted by atomic mass is 9.72. The van der Waals surface area contributed by atoms with Crippen molar-refractivity contribution in [1.82, 2.24) is 9.80 Å². The molecule has 4 rings (SSSR count). The van der Waals surface area contributed by atoms with Crippen molar-refractivity contribution in [2.75, 3.05) is 32.7 Å². The molecular weight excluding hydrogens is 378 g/mol. The minimum atomic E-state index is -0.587. The Bertz CT molecular complexity index is 487. The summed E-state index contributed by atoms with van der Waals surface area (Å²) in [6.07, 6.45) is 17.8. The smallest absolute Gasteiger partial charge is 0.100 e. The van der Waals surface area contributed by atoms with E-state index < -0.39 is 12.3 Å². The third-order valence-electron chi connectivity index (χ3n) is 8.62. The van der Waals surface area contributed by atoms with Gasteiger partial charge in [0, 0.05) is 38.8 Å². The quantitative estimate of drug-likeness (QED) is 0.473. The summed E-state index contributed by atoms with van der Waals surface area (Å²) in [7, 11) is 0. The fraction of sp³-hybridized carbons (Fsp3) is 0.923. The van der Waals surface area contributed by atoms with Gasteiger partial charge in [-0.1, -0.05) is 31.4 Å². The molecule has 3 aliphatic carbocycles. The van der Waals surface area contributed by atoms with Crippen LogP contribution in [-0.4, -0.2) is 60.9 Å². The van der Waals surface area contributed by atoms with Crippen LogP contribution in [0.5, 0.6) is 0 Å². The lowest BCUT2D eigenvalue weighted by Gasteiger charge is -2.48. The van der Waals surface area contributed by atoms with E-state index in [1.807, 2.05) is 0 Å². The van der Waals surface area contributed by atoms with Crippen LogP contribution in [0.2, 0.25) is 0 Å². The molecule has 172 valence electrons. The molecule has 0 aromatic heterocycles. The summed E-state index contributed by atoms with van der Waals surface area (Å²) in [5.41, 5.74) is 0. The molecular formula is C26H44F2N2. The topological polar surface area (TPSA) is 6.48 Å². The van der Waals surface area contributed by atoms with Crippen LogP contribution >= 0.6 is 0 Å². The van der Waals surface area contributed by atoms with E-state index in [0.717, 1.165) is 90.0 Å². The third kappa shape index (κ3) is 6.28. The van der Waals surface area contributed by atoms with Crippen molar-refractivity contribution >= 4 is 0 Å². The third-order valence-corrected chi connectivity index (χ3v) is 8.62. The lowest BCUT2D eigenvalue weighted by Crippen LogP contribution is -2.55. The minimum Gasteiger partial charge on any atom is -0.297 e. The maximum Gasteiger partial charge on any atom is 0.100 e. The summed E-state index contributed by atoms with van der Waals surface area (Å²) in [4.78, 5) is 5.33. The Morgan fingerprint density at radius 3 is 1.73 bits per heavy atom. The molecule has 0 atom stereocenters. The van der Waals surface area contributed by atoms with Crippen LogP contribution in [0.1, 0.15) is 83.5 Å². The van der Waals surface area contributed by atoms with Gasteiger partial charge in [0.1, 0.15) is 12.3 Å². The number of piperazine rings is 1. The van der Waals surface area contributed by atoms with Crippen molar-refractivity contribution in [3.05, 3.63) is 12.2 Å². The molecule has 4 fully saturated rings. The van der Waals surface area contributed by atoms with Crippen molar-refractivity contribution in [3.8, 4) is 0 Å². The number of hydrogen-bond donors (Lipinski definition) is 0. The molecule has 0 unspecified atom stereocenters. The van der Waals surface area contributed by atoms with Gasteiger partial charge in [-0.2, -0.15) is 0 Å². The highest BCUT2D eigenvalue weighted by Gasteiger charge is 2.39. The molecule has 4 aliphatic rings. The van der Waals surface area contributed by atoms with Crippen LogP contribution in [0.15, 0.2) is 12.2 Å². The highest BCUT2D eigenvalue weighted by Crippen LogP contribution is 2.40. The van der Waals surface area contributed by atoms with Gasteiger partial charge in [-0.05, 0) is 82.0 Å². The van der Waals surface area contributed by atoms with Gasteiger partial charge in [-0.15, -0.1) is 0 Å². The SMILES string of the molecule is FC1CCC(C(C2CCC(F)CC2)N2CCN(C/C=C/C3CCCCC3)CC2)CC1. The van der Waals surface area contributed by atoms with Crippen LogP contribution in [0.25, 0.3) is 0 Å². The first kappa shape index (κ1) is 22.7. The summed E-state index contributed by atoms with van der Waals surface area (Å²) < 4.78 is 27.6. The Morgan fingerprint density at radius 2 is 1.20 bits per heavy atom. The van der Waals surface area contributed by atoms with E-state index in [2.05, 4.69) is 22.0 Å². The molecule has 4 heteroatoms. The molecule has 0 aromatic carbocycles. The fourth-order valence-electron chi connectivity index (χ4n) is 6.79. The maximum atomic E-state index is 13.8. The Labute approximate surface area is 183 Å². The molecule has 1 aliphatic heterocycles. The van der Waals surface area contributed by atoms with E-state index in [1.54, 1.807) is 0 Å². The molecule has 1 heterocycles. The fourth-order valence-corrected chi connectivity index (χ4v) is 6.79. The van der Waals surface area contributed by atoms with Gasteiger partial charge >= 0.3 is 0 Å². The van der Waals surface area contributed by atoms with Crippen LogP contribution in [0, 0.1) is 17.8 Å². The van der Waals surface area contributed by atoms with Crippen molar-refractivity contribution in [2.45, 2.75) is 102 Å². The summed E-state index contributed by atoms with van der Waals surface area (Å²) in [5.74, 6) is 2.06. The van der Waals surface area contributed by atoms with Crippen LogP contribution in [-0.2, 0) is 0 Å². The van der Waals surface area contributed by atoms with Gasteiger partial charge in [0.25, 0.3) is 0 Å². The van der Waals surface area contributed by atoms with Crippen LogP contribution in [0.3, 0.4) is 0 Å². The Balaban J connectivity index is 1.29. The summed E-state index contributed by atoms with van der Waals surface area (Å²) in [6.45, 7) is 5.64. The zero-order valence-corrected chi connectivity index (χ0v) is 19.0. The monoisotopic (exact) mass is 422 g/mol. The predicted molar refractivity (Wildman–Crippen MR) is 121 cm³/mol. The van der Waals surface area contributed by atoms with E-state index >= 15 is 0 Å². The Morgan fingerprint density at radius 1 is 0.667 bits per heavy atom. The van der Waals surface area contributed by atoms with Gasteiger partial charge in [0.15, 0.2) is 0 Å². The van der Waals surface area contributed by atoms with Gasteiger partial charge in [0.05, 0.1) is 0 Å². The van der Waals surface area contributed by atoms with Crippen LogP contribution in [0.4, 0.5) is 8.78 Å². The van der Waals surface area contributed by atoms with E-state index in [4.69, 9.17) is 0 Å². The standard InChI is InChI=1S/C26H44F2N2/c27-24-12-8-22(9-13-24)26(23-10-14-25(28)15-11-23)30-19-17-29(18-20-30)16-4-7-21-5-2-1-3-6-21/h4,7,21-26H,1-3,5-6,8-20H2/b7-4+. The highest BCUT2D eigenvalue weighted by atomic mass is 19.1. The number of hydrogen-bond acceptors (Lipinski definition) is 2. The molecule has 2 nitrogen and oxygen atoms in total. The summed E-state index contributed by atoms with van der Waals surface area (Å²) in [6, 6.07) is 0.560. The Hall–Kier alpha value is -0.480. The average Bonchev–Trinajstić information content (AvgIpc) is 2.78. The molecule has 0 radical (unpaired) electrons. The van der Waals surface area contributed by atoms with Crippen LogP contribution < -0.4 is 0 Å². The molecule has 1 saturated heterocycles. The molecule has 0 bridgehead atoms. The normalized spacial score (nSPS) is 36.9. The van der Waals surface area contributed by atoms with Crippen molar-refractivity contribution in [3.63, 3.8) is 0 Å².